The van der Waals surface area contributed by atoms with E-state index in [4.69, 9.17) is 4.84 Å². The Morgan fingerprint density at radius 3 is 2.72 bits per heavy atom. The van der Waals surface area contributed by atoms with Gasteiger partial charge in [0, 0.05) is 41.2 Å². The molecule has 32 heavy (non-hydrogen) atoms. The summed E-state index contributed by atoms with van der Waals surface area (Å²) < 4.78 is 2.29. The van der Waals surface area contributed by atoms with Crippen LogP contribution >= 0.6 is 0 Å². The Kier molecular flexibility index (Phi) is 6.31. The van der Waals surface area contributed by atoms with Gasteiger partial charge in [-0.05, 0) is 30.5 Å². The Labute approximate surface area is 187 Å². The van der Waals surface area contributed by atoms with E-state index in [9.17, 15) is 14.7 Å². The number of oxime groups is 1. The molecule has 0 saturated heterocycles. The summed E-state index contributed by atoms with van der Waals surface area (Å²) in [5.41, 5.74) is 4.09. The van der Waals surface area contributed by atoms with Gasteiger partial charge in [-0.25, -0.2) is 9.59 Å². The second kappa shape index (κ2) is 9.15. The lowest BCUT2D eigenvalue weighted by molar-refractivity contribution is -0.141. The normalized spacial score (nSPS) is 17.7. The lowest BCUT2D eigenvalue weighted by Crippen LogP contribution is -2.29. The molecule has 2 atom stereocenters. The van der Waals surface area contributed by atoms with Gasteiger partial charge in [0.2, 0.25) is 0 Å². The predicted molar refractivity (Wildman–Crippen MR) is 126 cm³/mol. The van der Waals surface area contributed by atoms with Crippen molar-refractivity contribution in [1.82, 2.24) is 4.57 Å². The van der Waals surface area contributed by atoms with Gasteiger partial charge in [-0.15, -0.1) is 0 Å². The molecule has 0 fully saturated rings. The molecule has 0 amide bonds. The maximum Gasteiger partial charge on any atom is 0.335 e. The van der Waals surface area contributed by atoms with Crippen LogP contribution in [0, 0.1) is 11.8 Å². The molecule has 0 aliphatic carbocycles. The summed E-state index contributed by atoms with van der Waals surface area (Å²) in [5, 5.41) is 15.7. The van der Waals surface area contributed by atoms with Crippen LogP contribution in [0.15, 0.2) is 41.6 Å². The molecule has 0 radical (unpaired) electrons. The minimum Gasteiger partial charge on any atom is -0.478 e. The molecule has 1 aromatic heterocycles. The van der Waals surface area contributed by atoms with Crippen LogP contribution in [0.5, 0.6) is 0 Å². The van der Waals surface area contributed by atoms with Crippen molar-refractivity contribution in [2.24, 2.45) is 17.0 Å². The van der Waals surface area contributed by atoms with Crippen LogP contribution in [0.1, 0.15) is 68.8 Å². The van der Waals surface area contributed by atoms with Crippen LogP contribution < -0.4 is 0 Å². The average Bonchev–Trinajstić information content (AvgIpc) is 3.10. The molecule has 4 rings (SSSR count). The number of hydrogen-bond acceptors (Lipinski definition) is 4. The lowest BCUT2D eigenvalue weighted by atomic mass is 9.82. The van der Waals surface area contributed by atoms with Gasteiger partial charge in [-0.3, -0.25) is 0 Å². The number of rotatable bonds is 8. The van der Waals surface area contributed by atoms with Crippen LogP contribution in [0.4, 0.5) is 0 Å². The van der Waals surface area contributed by atoms with E-state index in [-0.39, 0.29) is 11.5 Å². The van der Waals surface area contributed by atoms with Gasteiger partial charge in [0.15, 0.2) is 0 Å². The molecular formula is C26H30N2O4. The van der Waals surface area contributed by atoms with Gasteiger partial charge >= 0.3 is 11.9 Å². The lowest BCUT2D eigenvalue weighted by Gasteiger charge is -2.29. The van der Waals surface area contributed by atoms with E-state index in [1.165, 1.54) is 26.2 Å². The zero-order valence-electron chi connectivity index (χ0n) is 18.9. The topological polar surface area (TPSA) is 80.9 Å². The number of hydrogen-bond donors (Lipinski definition) is 1. The first-order chi connectivity index (χ1) is 15.4. The zero-order chi connectivity index (χ0) is 22.8. The number of para-hydroxylation sites is 1. The fraction of sp³-hybridized carbons (Fsp3) is 0.423. The Hall–Kier alpha value is -3.15. The smallest absolute Gasteiger partial charge is 0.335 e. The van der Waals surface area contributed by atoms with Crippen molar-refractivity contribution in [1.29, 1.82) is 0 Å². The Bertz CT molecular complexity index is 1210. The van der Waals surface area contributed by atoms with Gasteiger partial charge in [0.05, 0.1) is 16.8 Å². The number of carboxylic acid groups (broad SMARTS) is 1. The number of carbonyl (C=O) groups excluding carboxylic acids is 1. The third-order valence-corrected chi connectivity index (χ3v) is 6.63. The standard InChI is InChI=1S/C26H30N2O4/c1-4-6-8-17(5-2)13-19-15-28-23-12-11-18(26(30)31)14-22(23)20-9-7-10-21(25(20)28)24(19)27-32-16(3)29/h7,9-12,14,17,19H,4-6,8,13,15H2,1-3H3,(H,30,31)/b27-24+. The number of unbranched alkanes of at least 4 members (excludes halogenated alkanes) is 1. The number of carbonyl (C=O) groups is 2. The molecule has 6 nitrogen and oxygen atoms in total. The molecule has 1 aliphatic rings. The first-order valence-electron chi connectivity index (χ1n) is 11.5. The van der Waals surface area contributed by atoms with Gasteiger partial charge < -0.3 is 14.5 Å². The first-order valence-corrected chi connectivity index (χ1v) is 11.5. The third-order valence-electron chi connectivity index (χ3n) is 6.63. The van der Waals surface area contributed by atoms with Gasteiger partial charge in [0.25, 0.3) is 0 Å². The molecule has 2 aromatic carbocycles. The minimum absolute atomic E-state index is 0.115. The second-order valence-electron chi connectivity index (χ2n) is 8.76. The van der Waals surface area contributed by atoms with Crippen LogP contribution in [0.3, 0.4) is 0 Å². The molecule has 1 aliphatic heterocycles. The highest BCUT2D eigenvalue weighted by molar-refractivity contribution is 6.19. The number of carboxylic acids is 1. The summed E-state index contributed by atoms with van der Waals surface area (Å²) in [6.45, 7) is 6.54. The van der Waals surface area contributed by atoms with E-state index in [2.05, 4.69) is 23.6 Å². The molecule has 1 N–H and O–H groups in total. The highest BCUT2D eigenvalue weighted by Crippen LogP contribution is 2.39. The van der Waals surface area contributed by atoms with E-state index in [0.717, 1.165) is 52.5 Å². The molecule has 0 saturated carbocycles. The van der Waals surface area contributed by atoms with Crippen molar-refractivity contribution in [3.05, 3.63) is 47.5 Å². The van der Waals surface area contributed by atoms with Crippen LogP contribution in [-0.4, -0.2) is 27.3 Å². The third kappa shape index (κ3) is 4.01. The van der Waals surface area contributed by atoms with Gasteiger partial charge in [0.1, 0.15) is 0 Å². The van der Waals surface area contributed by atoms with E-state index in [0.29, 0.717) is 5.92 Å². The fourth-order valence-corrected chi connectivity index (χ4v) is 5.02. The molecule has 168 valence electrons. The zero-order valence-corrected chi connectivity index (χ0v) is 18.9. The summed E-state index contributed by atoms with van der Waals surface area (Å²) in [7, 11) is 0. The molecule has 6 heteroatoms. The SMILES string of the molecule is CCCCC(CC)CC1Cn2c3ccc(C(=O)O)cc3c3cccc(c32)/C1=N/OC(C)=O. The largest absolute Gasteiger partial charge is 0.478 e. The van der Waals surface area contributed by atoms with Crippen molar-refractivity contribution < 1.29 is 19.5 Å². The molecular weight excluding hydrogens is 404 g/mol. The van der Waals surface area contributed by atoms with Crippen molar-refractivity contribution in [3.63, 3.8) is 0 Å². The van der Waals surface area contributed by atoms with E-state index in [1.54, 1.807) is 12.1 Å². The summed E-state index contributed by atoms with van der Waals surface area (Å²) >= 11 is 0. The monoisotopic (exact) mass is 434 g/mol. The molecule has 3 aromatic rings. The molecule has 2 heterocycles. The number of aromatic carboxylic acids is 1. The summed E-state index contributed by atoms with van der Waals surface area (Å²) in [6, 6.07) is 11.3. The summed E-state index contributed by atoms with van der Waals surface area (Å²) in [6.07, 6.45) is 5.62. The Morgan fingerprint density at radius 1 is 1.22 bits per heavy atom. The van der Waals surface area contributed by atoms with Crippen molar-refractivity contribution in [2.75, 3.05) is 0 Å². The van der Waals surface area contributed by atoms with E-state index < -0.39 is 11.9 Å². The number of nitrogens with zero attached hydrogens (tertiary/aromatic N) is 2. The van der Waals surface area contributed by atoms with E-state index >= 15 is 0 Å². The molecule has 0 spiro atoms. The highest BCUT2D eigenvalue weighted by atomic mass is 16.7. The highest BCUT2D eigenvalue weighted by Gasteiger charge is 2.31. The Morgan fingerprint density at radius 2 is 2.03 bits per heavy atom. The first kappa shape index (κ1) is 22.1. The Balaban J connectivity index is 1.87. The number of benzene rings is 2. The number of aromatic nitrogens is 1. The average molecular weight is 435 g/mol. The quantitative estimate of drug-likeness (QED) is 0.348. The van der Waals surface area contributed by atoms with Crippen LogP contribution in [0.2, 0.25) is 0 Å². The van der Waals surface area contributed by atoms with Crippen molar-refractivity contribution >= 4 is 39.5 Å². The van der Waals surface area contributed by atoms with Gasteiger partial charge in [-0.1, -0.05) is 62.9 Å². The van der Waals surface area contributed by atoms with Gasteiger partial charge in [-0.2, -0.15) is 0 Å². The second-order valence-corrected chi connectivity index (χ2v) is 8.76. The van der Waals surface area contributed by atoms with Crippen LogP contribution in [-0.2, 0) is 16.2 Å². The minimum atomic E-state index is -0.935. The van der Waals surface area contributed by atoms with E-state index in [1.807, 2.05) is 24.3 Å². The maximum absolute atomic E-state index is 11.6. The van der Waals surface area contributed by atoms with Crippen molar-refractivity contribution in [3.8, 4) is 0 Å². The molecule has 0 bridgehead atoms. The van der Waals surface area contributed by atoms with Crippen molar-refractivity contribution in [2.45, 2.75) is 59.4 Å². The summed E-state index contributed by atoms with van der Waals surface area (Å²) in [5.74, 6) is -0.679. The predicted octanol–water partition coefficient (Wildman–Crippen LogP) is 6.00. The van der Waals surface area contributed by atoms with Crippen LogP contribution in [0.25, 0.3) is 21.8 Å². The maximum atomic E-state index is 11.6. The fourth-order valence-electron chi connectivity index (χ4n) is 5.02. The molecule has 2 unspecified atom stereocenters. The number of fused-ring (bicyclic) bond motifs is 3. The summed E-state index contributed by atoms with van der Waals surface area (Å²) in [4.78, 5) is 28.2.